The molecule has 0 aromatic rings. The fourth-order valence-electron chi connectivity index (χ4n) is 2.04. The summed E-state index contributed by atoms with van der Waals surface area (Å²) in [6, 6.07) is 0. The van der Waals surface area contributed by atoms with Crippen LogP contribution in [0.15, 0.2) is 0 Å². The lowest BCUT2D eigenvalue weighted by molar-refractivity contribution is -0.238. The molecule has 6 nitrogen and oxygen atoms in total. The Kier molecular flexibility index (Phi) is 11.2. The number of carbonyl (C=O) groups is 2. The maximum Gasteiger partial charge on any atom is 0.342 e. The van der Waals surface area contributed by atoms with Crippen molar-refractivity contribution in [2.75, 3.05) is 0 Å². The summed E-state index contributed by atoms with van der Waals surface area (Å²) in [5.41, 5.74) is 0. The predicted octanol–water partition coefficient (Wildman–Crippen LogP) is 3.17. The first kappa shape index (κ1) is 17.9. The van der Waals surface area contributed by atoms with E-state index in [0.29, 0.717) is 6.42 Å². The van der Waals surface area contributed by atoms with Crippen molar-refractivity contribution in [2.24, 2.45) is 5.92 Å². The summed E-state index contributed by atoms with van der Waals surface area (Å²) < 4.78 is 0. The van der Waals surface area contributed by atoms with E-state index < -0.39 is 11.9 Å². The van der Waals surface area contributed by atoms with Crippen molar-refractivity contribution in [2.45, 2.75) is 64.7 Å². The first-order valence-electron chi connectivity index (χ1n) is 6.82. The van der Waals surface area contributed by atoms with E-state index in [-0.39, 0.29) is 18.8 Å². The van der Waals surface area contributed by atoms with Gasteiger partial charge in [0.1, 0.15) is 0 Å². The second-order valence-corrected chi connectivity index (χ2v) is 4.76. The molecule has 0 aliphatic heterocycles. The van der Waals surface area contributed by atoms with E-state index in [4.69, 9.17) is 10.5 Å². The van der Waals surface area contributed by atoms with Crippen LogP contribution in [0.25, 0.3) is 0 Å². The van der Waals surface area contributed by atoms with E-state index in [1.165, 1.54) is 19.3 Å². The maximum absolute atomic E-state index is 11.0. The first-order chi connectivity index (χ1) is 9.13. The molecule has 0 fully saturated rings. The largest absolute Gasteiger partial charge is 0.342 e. The zero-order chi connectivity index (χ0) is 14.5. The zero-order valence-corrected chi connectivity index (χ0v) is 11.5. The van der Waals surface area contributed by atoms with E-state index in [1.54, 1.807) is 0 Å². The third-order valence-corrected chi connectivity index (χ3v) is 3.08. The van der Waals surface area contributed by atoms with Crippen LogP contribution in [0, 0.1) is 5.92 Å². The highest BCUT2D eigenvalue weighted by atomic mass is 17.1. The molecule has 0 aromatic heterocycles. The molecule has 0 rings (SSSR count). The van der Waals surface area contributed by atoms with Gasteiger partial charge in [0, 0.05) is 0 Å². The van der Waals surface area contributed by atoms with Crippen LogP contribution in [0.3, 0.4) is 0 Å². The Morgan fingerprint density at radius 1 is 0.895 bits per heavy atom. The molecule has 0 amide bonds. The molecule has 0 unspecified atom stereocenters. The Morgan fingerprint density at radius 3 is 1.84 bits per heavy atom. The van der Waals surface area contributed by atoms with Crippen LogP contribution in [0.1, 0.15) is 64.7 Å². The van der Waals surface area contributed by atoms with Crippen molar-refractivity contribution >= 4 is 11.9 Å². The Bertz CT molecular complexity index is 236. The van der Waals surface area contributed by atoms with E-state index in [2.05, 4.69) is 16.7 Å². The van der Waals surface area contributed by atoms with Gasteiger partial charge < -0.3 is 9.78 Å². The summed E-state index contributed by atoms with van der Waals surface area (Å²) in [6.07, 6.45) is 7.22. The molecule has 0 saturated heterocycles. The molecule has 6 heteroatoms. The molecular formula is C13H24O6. The number of unbranched alkanes of at least 4 members (excludes halogenated alkanes) is 5. The molecule has 0 bridgehead atoms. The Morgan fingerprint density at radius 2 is 1.37 bits per heavy atom. The molecule has 19 heavy (non-hydrogen) atoms. The fraction of sp³-hybridized carbons (Fsp3) is 0.846. The van der Waals surface area contributed by atoms with E-state index in [1.807, 2.05) is 0 Å². The number of rotatable bonds is 11. The summed E-state index contributed by atoms with van der Waals surface area (Å²) >= 11 is 0. The van der Waals surface area contributed by atoms with Crippen molar-refractivity contribution in [1.29, 1.82) is 0 Å². The molecule has 112 valence electrons. The van der Waals surface area contributed by atoms with Gasteiger partial charge in [-0.2, -0.15) is 10.5 Å². The van der Waals surface area contributed by atoms with Gasteiger partial charge in [0.2, 0.25) is 0 Å². The van der Waals surface area contributed by atoms with E-state index >= 15 is 0 Å². The fourth-order valence-corrected chi connectivity index (χ4v) is 2.04. The van der Waals surface area contributed by atoms with Crippen molar-refractivity contribution in [3.63, 3.8) is 0 Å². The second kappa shape index (κ2) is 11.9. The highest BCUT2D eigenvalue weighted by Gasteiger charge is 2.19. The van der Waals surface area contributed by atoms with Crippen molar-refractivity contribution in [1.82, 2.24) is 0 Å². The number of carbonyl (C=O) groups excluding carboxylic acids is 2. The van der Waals surface area contributed by atoms with Gasteiger partial charge in [-0.05, 0) is 12.3 Å². The van der Waals surface area contributed by atoms with Crippen LogP contribution in [-0.2, 0) is 19.4 Å². The van der Waals surface area contributed by atoms with Crippen LogP contribution in [0.2, 0.25) is 0 Å². The molecule has 0 saturated carbocycles. The van der Waals surface area contributed by atoms with Gasteiger partial charge in [-0.1, -0.05) is 45.4 Å². The SMILES string of the molecule is CCCCCCCCC(CC(=O)OO)CC(=O)OO. The lowest BCUT2D eigenvalue weighted by Gasteiger charge is -2.13. The third kappa shape index (κ3) is 10.5. The lowest BCUT2D eigenvalue weighted by Crippen LogP contribution is -2.15. The van der Waals surface area contributed by atoms with Crippen molar-refractivity contribution in [3.05, 3.63) is 0 Å². The third-order valence-electron chi connectivity index (χ3n) is 3.08. The predicted molar refractivity (Wildman–Crippen MR) is 68.2 cm³/mol. The van der Waals surface area contributed by atoms with Gasteiger partial charge in [-0.25, -0.2) is 9.59 Å². The second-order valence-electron chi connectivity index (χ2n) is 4.76. The van der Waals surface area contributed by atoms with Crippen LogP contribution in [-0.4, -0.2) is 22.5 Å². The van der Waals surface area contributed by atoms with E-state index in [0.717, 1.165) is 19.3 Å². The molecule has 0 heterocycles. The topological polar surface area (TPSA) is 93.1 Å². The standard InChI is InChI=1S/C13H24O6/c1-2-3-4-5-6-7-8-11(9-12(14)18-16)10-13(15)19-17/h11,16-17H,2-10H2,1H3. The van der Waals surface area contributed by atoms with Gasteiger partial charge >= 0.3 is 11.9 Å². The first-order valence-corrected chi connectivity index (χ1v) is 6.82. The molecule has 2 N–H and O–H groups in total. The Balaban J connectivity index is 3.90. The van der Waals surface area contributed by atoms with Crippen molar-refractivity contribution < 1.29 is 29.9 Å². The average Bonchev–Trinajstić information content (AvgIpc) is 2.41. The van der Waals surface area contributed by atoms with Gasteiger partial charge in [0.15, 0.2) is 0 Å². The van der Waals surface area contributed by atoms with Gasteiger partial charge in [0.05, 0.1) is 12.8 Å². The van der Waals surface area contributed by atoms with Crippen LogP contribution >= 0.6 is 0 Å². The van der Waals surface area contributed by atoms with Gasteiger partial charge in [0.25, 0.3) is 0 Å². The van der Waals surface area contributed by atoms with Crippen LogP contribution in [0.4, 0.5) is 0 Å². The highest BCUT2D eigenvalue weighted by Crippen LogP contribution is 2.19. The smallest absolute Gasteiger partial charge is 0.301 e. The van der Waals surface area contributed by atoms with Gasteiger partial charge in [-0.15, -0.1) is 0 Å². The molecular weight excluding hydrogens is 252 g/mol. The summed E-state index contributed by atoms with van der Waals surface area (Å²) in [7, 11) is 0. The van der Waals surface area contributed by atoms with Crippen LogP contribution < -0.4 is 0 Å². The minimum absolute atomic E-state index is 0.0550. The normalized spacial score (nSPS) is 10.5. The highest BCUT2D eigenvalue weighted by molar-refractivity contribution is 5.72. The minimum Gasteiger partial charge on any atom is -0.301 e. The Hall–Kier alpha value is -1.14. The quantitative estimate of drug-likeness (QED) is 0.342. The molecule has 0 aliphatic carbocycles. The van der Waals surface area contributed by atoms with Crippen LogP contribution in [0.5, 0.6) is 0 Å². The summed E-state index contributed by atoms with van der Waals surface area (Å²) in [6.45, 7) is 2.15. The average molecular weight is 276 g/mol. The molecule has 0 aromatic carbocycles. The summed E-state index contributed by atoms with van der Waals surface area (Å²) in [4.78, 5) is 29.2. The zero-order valence-electron chi connectivity index (χ0n) is 11.5. The van der Waals surface area contributed by atoms with E-state index in [9.17, 15) is 9.59 Å². The number of hydrogen-bond donors (Lipinski definition) is 2. The minimum atomic E-state index is -0.776. The summed E-state index contributed by atoms with van der Waals surface area (Å²) in [5.74, 6) is -1.83. The monoisotopic (exact) mass is 276 g/mol. The number of hydrogen-bond acceptors (Lipinski definition) is 6. The van der Waals surface area contributed by atoms with Gasteiger partial charge in [-0.3, -0.25) is 0 Å². The van der Waals surface area contributed by atoms with Crippen molar-refractivity contribution in [3.8, 4) is 0 Å². The lowest BCUT2D eigenvalue weighted by atomic mass is 9.94. The molecule has 0 spiro atoms. The molecule has 0 atom stereocenters. The molecule has 0 radical (unpaired) electrons. The summed E-state index contributed by atoms with van der Waals surface area (Å²) in [5, 5.41) is 16.5. The Labute approximate surface area is 113 Å². The molecule has 0 aliphatic rings. The maximum atomic E-state index is 11.0.